The molecule has 198 valence electrons. The Morgan fingerprint density at radius 2 is 1.58 bits per heavy atom. The van der Waals surface area contributed by atoms with Gasteiger partial charge in [0.15, 0.2) is 10.8 Å². The second-order valence-corrected chi connectivity index (χ2v) is 11.0. The first kappa shape index (κ1) is 26.2. The zero-order chi connectivity index (χ0) is 27.0. The molecule has 0 N–H and O–H groups in total. The third kappa shape index (κ3) is 4.99. The van der Waals surface area contributed by atoms with Gasteiger partial charge >= 0.3 is 5.51 Å². The Morgan fingerprint density at radius 1 is 0.974 bits per heavy atom. The third-order valence-corrected chi connectivity index (χ3v) is 8.21. The highest BCUT2D eigenvalue weighted by molar-refractivity contribution is 7.92. The number of ether oxygens (including phenoxy) is 3. The van der Waals surface area contributed by atoms with E-state index in [1.807, 2.05) is 18.2 Å². The first-order valence-electron chi connectivity index (χ1n) is 12.0. The van der Waals surface area contributed by atoms with Crippen LogP contribution in [0.2, 0.25) is 0 Å². The summed E-state index contributed by atoms with van der Waals surface area (Å²) in [5, 5.41) is 8.52. The molecule has 38 heavy (non-hydrogen) atoms. The minimum absolute atomic E-state index is 0.0558. The van der Waals surface area contributed by atoms with E-state index in [0.29, 0.717) is 56.0 Å². The molecule has 11 heteroatoms. The number of aromatic nitrogens is 1. The number of benzene rings is 2. The van der Waals surface area contributed by atoms with Crippen LogP contribution < -0.4 is 4.74 Å². The van der Waals surface area contributed by atoms with Crippen molar-refractivity contribution in [2.45, 2.75) is 47.9 Å². The molecule has 2 aliphatic rings. The van der Waals surface area contributed by atoms with Crippen LogP contribution in [-0.2, 0) is 19.3 Å². The number of rotatable bonds is 5. The smallest absolute Gasteiger partial charge is 0.457 e. The number of hydrogen-bond acceptors (Lipinski definition) is 7. The second-order valence-electron chi connectivity index (χ2n) is 9.16. The topological polar surface area (TPSA) is 98.5 Å². The van der Waals surface area contributed by atoms with Crippen LogP contribution in [0, 0.1) is 11.3 Å². The lowest BCUT2D eigenvalue weighted by atomic mass is 9.82. The Bertz CT molecular complexity index is 1450. The van der Waals surface area contributed by atoms with Gasteiger partial charge < -0.3 is 14.2 Å². The average molecular weight is 545 g/mol. The molecule has 1 spiro atoms. The summed E-state index contributed by atoms with van der Waals surface area (Å²) in [5.74, 6) is 0.0160. The van der Waals surface area contributed by atoms with Crippen molar-refractivity contribution in [3.05, 3.63) is 71.9 Å². The summed E-state index contributed by atoms with van der Waals surface area (Å²) < 4.78 is 83.1. The SMILES string of the molecule is N#Cc1c(-c2ccc(Oc3ccccc3)cc2)cc(C2CCC3(CC2)OCCO3)nc1S(=O)(=O)C(F)(F)F. The maximum absolute atomic E-state index is 13.6. The van der Waals surface area contributed by atoms with Crippen LogP contribution in [0.4, 0.5) is 13.2 Å². The number of sulfone groups is 1. The van der Waals surface area contributed by atoms with Gasteiger partial charge in [0.25, 0.3) is 9.84 Å². The summed E-state index contributed by atoms with van der Waals surface area (Å²) in [6, 6.07) is 18.5. The molecule has 1 aliphatic carbocycles. The lowest BCUT2D eigenvalue weighted by Crippen LogP contribution is -2.35. The first-order valence-corrected chi connectivity index (χ1v) is 13.5. The molecule has 1 aromatic heterocycles. The molecule has 0 atom stereocenters. The monoisotopic (exact) mass is 544 g/mol. The van der Waals surface area contributed by atoms with Crippen LogP contribution in [-0.4, -0.2) is 37.9 Å². The van der Waals surface area contributed by atoms with Crippen molar-refractivity contribution in [2.24, 2.45) is 0 Å². The molecule has 0 amide bonds. The summed E-state index contributed by atoms with van der Waals surface area (Å²) in [6.45, 7) is 0.948. The fourth-order valence-electron chi connectivity index (χ4n) is 4.86. The lowest BCUT2D eigenvalue weighted by Gasteiger charge is -2.35. The van der Waals surface area contributed by atoms with Crippen molar-refractivity contribution in [2.75, 3.05) is 13.2 Å². The number of para-hydroxylation sites is 1. The molecule has 0 unspecified atom stereocenters. The van der Waals surface area contributed by atoms with Gasteiger partial charge in [-0.25, -0.2) is 13.4 Å². The van der Waals surface area contributed by atoms with E-state index < -0.39 is 31.7 Å². The lowest BCUT2D eigenvalue weighted by molar-refractivity contribution is -0.178. The minimum Gasteiger partial charge on any atom is -0.457 e. The molecule has 1 saturated carbocycles. The molecule has 0 bridgehead atoms. The average Bonchev–Trinajstić information content (AvgIpc) is 3.36. The highest BCUT2D eigenvalue weighted by Crippen LogP contribution is 2.44. The largest absolute Gasteiger partial charge is 0.503 e. The van der Waals surface area contributed by atoms with Crippen LogP contribution in [0.5, 0.6) is 11.5 Å². The van der Waals surface area contributed by atoms with Gasteiger partial charge in [-0.1, -0.05) is 30.3 Å². The molecule has 3 aromatic rings. The molecule has 0 radical (unpaired) electrons. The van der Waals surface area contributed by atoms with Crippen molar-refractivity contribution >= 4 is 9.84 Å². The van der Waals surface area contributed by atoms with E-state index in [9.17, 15) is 26.9 Å². The summed E-state index contributed by atoms with van der Waals surface area (Å²) >= 11 is 0. The number of hydrogen-bond donors (Lipinski definition) is 0. The van der Waals surface area contributed by atoms with E-state index in [-0.39, 0.29) is 17.2 Å². The van der Waals surface area contributed by atoms with Gasteiger partial charge in [0.1, 0.15) is 17.6 Å². The van der Waals surface area contributed by atoms with E-state index in [1.54, 1.807) is 42.5 Å². The summed E-state index contributed by atoms with van der Waals surface area (Å²) in [7, 11) is -5.89. The highest BCUT2D eigenvalue weighted by atomic mass is 32.2. The van der Waals surface area contributed by atoms with E-state index in [4.69, 9.17) is 14.2 Å². The van der Waals surface area contributed by atoms with Crippen molar-refractivity contribution in [3.63, 3.8) is 0 Å². The van der Waals surface area contributed by atoms with Gasteiger partial charge in [0.05, 0.1) is 18.8 Å². The Kier molecular flexibility index (Phi) is 6.90. The Labute approximate surface area is 217 Å². The molecule has 1 aliphatic heterocycles. The molecule has 2 fully saturated rings. The fourth-order valence-corrected chi connectivity index (χ4v) is 5.73. The predicted molar refractivity (Wildman–Crippen MR) is 130 cm³/mol. The number of nitriles is 1. The van der Waals surface area contributed by atoms with Gasteiger partial charge in [-0.2, -0.15) is 18.4 Å². The summed E-state index contributed by atoms with van der Waals surface area (Å²) in [5.41, 5.74) is -5.67. The van der Waals surface area contributed by atoms with Gasteiger partial charge in [0, 0.05) is 30.0 Å². The molecule has 2 aromatic carbocycles. The van der Waals surface area contributed by atoms with Crippen LogP contribution in [0.15, 0.2) is 65.7 Å². The Morgan fingerprint density at radius 3 is 2.16 bits per heavy atom. The Hall–Kier alpha value is -3.46. The molecule has 2 heterocycles. The standard InChI is InChI=1S/C27H23F3N2O5S/c28-27(29,30)38(33,34)25-23(17-31)22(18-6-8-21(9-7-18)37-20-4-2-1-3-5-20)16-24(32-25)19-10-12-26(13-11-19)35-14-15-36-26/h1-9,16,19H,10-15H2. The molecular weight excluding hydrogens is 521 g/mol. The van der Waals surface area contributed by atoms with E-state index in [2.05, 4.69) is 4.98 Å². The fraction of sp³-hybridized carbons (Fsp3) is 0.333. The Balaban J connectivity index is 1.55. The van der Waals surface area contributed by atoms with Crippen LogP contribution in [0.25, 0.3) is 11.1 Å². The van der Waals surface area contributed by atoms with Crippen molar-refractivity contribution < 1.29 is 35.8 Å². The second kappa shape index (κ2) is 10.0. The van der Waals surface area contributed by atoms with Crippen molar-refractivity contribution in [3.8, 4) is 28.7 Å². The molecule has 5 rings (SSSR count). The maximum atomic E-state index is 13.6. The normalized spacial score (nSPS) is 17.8. The summed E-state index contributed by atoms with van der Waals surface area (Å²) in [4.78, 5) is 3.94. The third-order valence-electron chi connectivity index (χ3n) is 6.80. The quantitative estimate of drug-likeness (QED) is 0.382. The number of pyridine rings is 1. The van der Waals surface area contributed by atoms with Gasteiger partial charge in [0.2, 0.25) is 0 Å². The minimum atomic E-state index is -5.89. The maximum Gasteiger partial charge on any atom is 0.503 e. The van der Waals surface area contributed by atoms with E-state index in [0.717, 1.165) is 0 Å². The van der Waals surface area contributed by atoms with Gasteiger partial charge in [-0.05, 0) is 48.7 Å². The molecule has 1 saturated heterocycles. The van der Waals surface area contributed by atoms with Gasteiger partial charge in [-0.15, -0.1) is 0 Å². The van der Waals surface area contributed by atoms with Crippen molar-refractivity contribution in [1.82, 2.24) is 4.98 Å². The zero-order valence-electron chi connectivity index (χ0n) is 20.1. The molecule has 7 nitrogen and oxygen atoms in total. The first-order chi connectivity index (χ1) is 18.1. The number of halogens is 3. The number of nitrogens with zero attached hydrogens (tertiary/aromatic N) is 2. The predicted octanol–water partition coefficient (Wildman–Crippen LogP) is 6.11. The zero-order valence-corrected chi connectivity index (χ0v) is 20.9. The summed E-state index contributed by atoms with van der Waals surface area (Å²) in [6.07, 6.45) is 1.96. The number of alkyl halides is 3. The molecular formula is C27H23F3N2O5S. The van der Waals surface area contributed by atoms with E-state index >= 15 is 0 Å². The van der Waals surface area contributed by atoms with Crippen molar-refractivity contribution in [1.29, 1.82) is 5.26 Å². The van der Waals surface area contributed by atoms with E-state index in [1.165, 1.54) is 6.07 Å². The highest BCUT2D eigenvalue weighted by Gasteiger charge is 2.50. The van der Waals surface area contributed by atoms with Crippen LogP contribution in [0.3, 0.4) is 0 Å². The van der Waals surface area contributed by atoms with Gasteiger partial charge in [-0.3, -0.25) is 0 Å². The van der Waals surface area contributed by atoms with Crippen LogP contribution >= 0.6 is 0 Å². The van der Waals surface area contributed by atoms with Crippen LogP contribution in [0.1, 0.15) is 42.9 Å².